The Morgan fingerprint density at radius 1 is 0.918 bits per heavy atom. The Kier molecular flexibility index (Phi) is 13.4. The van der Waals surface area contributed by atoms with Gasteiger partial charge in [-0.3, -0.25) is 14.4 Å². The van der Waals surface area contributed by atoms with E-state index >= 15 is 0 Å². The molecule has 0 spiro atoms. The molecule has 1 amide bonds. The van der Waals surface area contributed by atoms with Gasteiger partial charge in [0.2, 0.25) is 0 Å². The van der Waals surface area contributed by atoms with Crippen molar-refractivity contribution in [3.63, 3.8) is 0 Å². The van der Waals surface area contributed by atoms with Crippen molar-refractivity contribution in [1.29, 1.82) is 0 Å². The van der Waals surface area contributed by atoms with Crippen LogP contribution in [0.15, 0.2) is 91.3 Å². The number of thiazole rings is 1. The van der Waals surface area contributed by atoms with Gasteiger partial charge in [0.25, 0.3) is 5.91 Å². The molecular formula is C47H57N7O5SSi. The van der Waals surface area contributed by atoms with E-state index in [1.165, 1.54) is 11.3 Å². The Morgan fingerprint density at radius 2 is 1.70 bits per heavy atom. The van der Waals surface area contributed by atoms with Crippen LogP contribution in [0.25, 0.3) is 21.3 Å². The van der Waals surface area contributed by atoms with E-state index in [1.54, 1.807) is 11.1 Å². The van der Waals surface area contributed by atoms with Crippen molar-refractivity contribution >= 4 is 52.5 Å². The van der Waals surface area contributed by atoms with Gasteiger partial charge in [-0.25, -0.2) is 14.8 Å². The molecular weight excluding hydrogens is 803 g/mol. The SMILES string of the molecule is CN(C)CCOc1ccc(Cn2cc(-c3ccc(N4CCc5cccc(C(=O)N(COCC[Si](C)(C)C)c6nc7ccccc7s6)c5C4)nc3C(=O)OC(C)(C)C)cn2)cc1. The molecule has 6 aromatic rings. The number of pyridine rings is 1. The number of ether oxygens (including phenoxy) is 3. The van der Waals surface area contributed by atoms with Crippen LogP contribution in [-0.2, 0) is 29.0 Å². The van der Waals surface area contributed by atoms with E-state index < -0.39 is 19.6 Å². The van der Waals surface area contributed by atoms with Crippen LogP contribution in [0.2, 0.25) is 25.7 Å². The Hall–Kier alpha value is -5.41. The van der Waals surface area contributed by atoms with Gasteiger partial charge in [-0.1, -0.05) is 67.4 Å². The number of anilines is 2. The normalized spacial score (nSPS) is 13.1. The zero-order valence-corrected chi connectivity index (χ0v) is 38.4. The van der Waals surface area contributed by atoms with E-state index in [4.69, 9.17) is 24.2 Å². The van der Waals surface area contributed by atoms with Crippen molar-refractivity contribution in [3.05, 3.63) is 119 Å². The average Bonchev–Trinajstić information content (AvgIpc) is 3.87. The van der Waals surface area contributed by atoms with Gasteiger partial charge < -0.3 is 24.0 Å². The van der Waals surface area contributed by atoms with Crippen molar-refractivity contribution < 1.29 is 23.8 Å². The lowest BCUT2D eigenvalue weighted by Crippen LogP contribution is -2.37. The van der Waals surface area contributed by atoms with Gasteiger partial charge >= 0.3 is 5.97 Å². The molecule has 1 aliphatic heterocycles. The van der Waals surface area contributed by atoms with Gasteiger partial charge in [-0.05, 0) is 106 Å². The molecule has 12 nitrogen and oxygen atoms in total. The molecule has 61 heavy (non-hydrogen) atoms. The summed E-state index contributed by atoms with van der Waals surface area (Å²) in [6, 6.07) is 26.7. The summed E-state index contributed by atoms with van der Waals surface area (Å²) in [5.74, 6) is 0.764. The first-order valence-corrected chi connectivity index (χ1v) is 25.4. The highest BCUT2D eigenvalue weighted by Crippen LogP contribution is 2.34. The zero-order chi connectivity index (χ0) is 43.3. The first-order valence-electron chi connectivity index (χ1n) is 20.8. The summed E-state index contributed by atoms with van der Waals surface area (Å²) in [5.41, 5.74) is 5.39. The van der Waals surface area contributed by atoms with E-state index in [-0.39, 0.29) is 18.3 Å². The molecule has 0 bridgehead atoms. The fourth-order valence-electron chi connectivity index (χ4n) is 6.99. The maximum Gasteiger partial charge on any atom is 0.358 e. The summed E-state index contributed by atoms with van der Waals surface area (Å²) in [6.07, 6.45) is 4.38. The second-order valence-electron chi connectivity index (χ2n) is 17.9. The van der Waals surface area contributed by atoms with E-state index in [2.05, 4.69) is 40.6 Å². The van der Waals surface area contributed by atoms with Crippen molar-refractivity contribution in [1.82, 2.24) is 24.6 Å². The first-order chi connectivity index (χ1) is 29.1. The Balaban J connectivity index is 1.14. The first kappa shape index (κ1) is 43.7. The minimum atomic E-state index is -1.34. The van der Waals surface area contributed by atoms with Crippen LogP contribution in [0.5, 0.6) is 5.75 Å². The predicted octanol–water partition coefficient (Wildman–Crippen LogP) is 9.02. The molecule has 0 aliphatic carbocycles. The number of hydrogen-bond acceptors (Lipinski definition) is 11. The van der Waals surface area contributed by atoms with Crippen LogP contribution < -0.4 is 14.5 Å². The molecule has 14 heteroatoms. The number of benzene rings is 3. The van der Waals surface area contributed by atoms with Crippen molar-refractivity contribution in [2.24, 2.45) is 0 Å². The van der Waals surface area contributed by atoms with Crippen LogP contribution in [0, 0.1) is 0 Å². The second kappa shape index (κ2) is 18.7. The number of para-hydroxylation sites is 1. The van der Waals surface area contributed by atoms with Crippen LogP contribution in [-0.4, -0.2) is 97.3 Å². The molecule has 1 aliphatic rings. The lowest BCUT2D eigenvalue weighted by molar-refractivity contribution is 0.00637. The van der Waals surface area contributed by atoms with Crippen LogP contribution in [0.1, 0.15) is 58.3 Å². The van der Waals surface area contributed by atoms with Gasteiger partial charge in [-0.2, -0.15) is 5.10 Å². The molecule has 3 aromatic heterocycles. The van der Waals surface area contributed by atoms with E-state index in [1.807, 2.05) is 119 Å². The highest BCUT2D eigenvalue weighted by atomic mass is 32.1. The third-order valence-corrected chi connectivity index (χ3v) is 13.1. The monoisotopic (exact) mass is 859 g/mol. The Bertz CT molecular complexity index is 2440. The lowest BCUT2D eigenvalue weighted by Gasteiger charge is -2.32. The summed E-state index contributed by atoms with van der Waals surface area (Å²) >= 11 is 1.49. The summed E-state index contributed by atoms with van der Waals surface area (Å²) < 4.78 is 20.8. The summed E-state index contributed by atoms with van der Waals surface area (Å²) in [7, 11) is 2.70. The molecule has 3 aromatic carbocycles. The minimum Gasteiger partial charge on any atom is -0.492 e. The smallest absolute Gasteiger partial charge is 0.358 e. The van der Waals surface area contributed by atoms with Crippen LogP contribution in [0.4, 0.5) is 10.9 Å². The number of likely N-dealkylation sites (N-methyl/N-ethyl adjacent to an activating group) is 1. The van der Waals surface area contributed by atoms with E-state index in [0.717, 1.165) is 50.8 Å². The molecule has 0 saturated heterocycles. The lowest BCUT2D eigenvalue weighted by atomic mass is 9.94. The predicted molar refractivity (Wildman–Crippen MR) is 247 cm³/mol. The van der Waals surface area contributed by atoms with Crippen molar-refractivity contribution in [3.8, 4) is 16.9 Å². The molecule has 0 unspecified atom stereocenters. The fourth-order valence-corrected chi connectivity index (χ4v) is 8.69. The van der Waals surface area contributed by atoms with Gasteiger partial charge in [-0.15, -0.1) is 0 Å². The standard InChI is InChI=1S/C47H57N7O5SSi/c1-47(2,3)59-45(56)43-37(35-28-48-53(30-35)29-33-16-18-36(19-17-33)58-25-24-51(4)5)20-21-42(50-43)52-23-22-34-12-11-13-38(39(34)31-52)44(55)54(32-57-26-27-61(6,7)8)46-49-40-14-9-10-15-41(40)60-46/h9-21,28,30H,22-27,29,31-32H2,1-8H3. The van der Waals surface area contributed by atoms with E-state index in [9.17, 15) is 9.59 Å². The third-order valence-electron chi connectivity index (χ3n) is 10.3. The van der Waals surface area contributed by atoms with Crippen molar-refractivity contribution in [2.45, 2.75) is 71.6 Å². The largest absolute Gasteiger partial charge is 0.492 e. The number of carbonyl (C=O) groups excluding carboxylic acids is 2. The number of rotatable bonds is 16. The molecule has 4 heterocycles. The average molecular weight is 860 g/mol. The molecule has 0 N–H and O–H groups in total. The number of carbonyl (C=O) groups is 2. The fraction of sp³-hybridized carbons (Fsp3) is 0.383. The van der Waals surface area contributed by atoms with Crippen LogP contribution in [0.3, 0.4) is 0 Å². The van der Waals surface area contributed by atoms with Gasteiger partial charge in [0, 0.05) is 57.2 Å². The third kappa shape index (κ3) is 11.3. The van der Waals surface area contributed by atoms with Gasteiger partial charge in [0.15, 0.2) is 10.8 Å². The van der Waals surface area contributed by atoms with Crippen LogP contribution >= 0.6 is 11.3 Å². The second-order valence-corrected chi connectivity index (χ2v) is 24.6. The highest BCUT2D eigenvalue weighted by Gasteiger charge is 2.30. The molecule has 0 radical (unpaired) electrons. The molecule has 0 saturated carbocycles. The number of fused-ring (bicyclic) bond motifs is 2. The van der Waals surface area contributed by atoms with Gasteiger partial charge in [0.1, 0.15) is 30.5 Å². The number of hydrogen-bond donors (Lipinski definition) is 0. The maximum absolute atomic E-state index is 14.7. The number of esters is 1. The summed E-state index contributed by atoms with van der Waals surface area (Å²) in [4.78, 5) is 44.4. The Morgan fingerprint density at radius 3 is 2.44 bits per heavy atom. The highest BCUT2D eigenvalue weighted by molar-refractivity contribution is 7.22. The topological polar surface area (TPSA) is 115 Å². The molecule has 7 rings (SSSR count). The summed E-state index contributed by atoms with van der Waals surface area (Å²) in [6.45, 7) is 16.3. The number of amides is 1. The Labute approximate surface area is 364 Å². The minimum absolute atomic E-state index is 0.105. The zero-order valence-electron chi connectivity index (χ0n) is 36.6. The number of aromatic nitrogens is 4. The molecule has 0 atom stereocenters. The number of nitrogens with zero attached hydrogens (tertiary/aromatic N) is 7. The maximum atomic E-state index is 14.7. The van der Waals surface area contributed by atoms with Gasteiger partial charge in [0.05, 0.1) is 23.0 Å². The molecule has 0 fully saturated rings. The van der Waals surface area contributed by atoms with Crippen molar-refractivity contribution in [2.75, 3.05) is 56.9 Å². The summed E-state index contributed by atoms with van der Waals surface area (Å²) in [5, 5.41) is 5.25. The quantitative estimate of drug-likeness (QED) is 0.0404. The van der Waals surface area contributed by atoms with E-state index in [0.29, 0.717) is 61.3 Å². The molecule has 320 valence electrons.